The number of rotatable bonds is 3. The first-order valence-corrected chi connectivity index (χ1v) is 7.32. The van der Waals surface area contributed by atoms with Gasteiger partial charge in [-0.3, -0.25) is 0 Å². The number of hydrogen-bond donors (Lipinski definition) is 0. The summed E-state index contributed by atoms with van der Waals surface area (Å²) in [6.45, 7) is 0.682. The van der Waals surface area contributed by atoms with Crippen molar-refractivity contribution in [1.29, 1.82) is 0 Å². The molecule has 0 atom stereocenters. The highest BCUT2D eigenvalue weighted by molar-refractivity contribution is 14.1. The molecule has 4 heteroatoms. The molecule has 0 saturated carbocycles. The maximum atomic E-state index is 12.9. The normalized spacial score (nSPS) is 10.7. The molecule has 0 aliphatic carbocycles. The van der Waals surface area contributed by atoms with E-state index in [0.717, 1.165) is 17.0 Å². The smallest absolute Gasteiger partial charge is 0.140 e. The molecule has 1 heterocycles. The van der Waals surface area contributed by atoms with Gasteiger partial charge in [0.05, 0.1) is 0 Å². The van der Waals surface area contributed by atoms with Crippen molar-refractivity contribution < 1.29 is 4.39 Å². The molecule has 0 amide bonds. The van der Waals surface area contributed by atoms with Gasteiger partial charge < -0.3 is 4.57 Å². The molecule has 0 aliphatic heterocycles. The molecule has 0 bridgehead atoms. The Kier molecular flexibility index (Phi) is 3.82. The fraction of sp³-hybridized carbons (Fsp3) is 0.0625. The molecule has 2 nitrogen and oxygen atoms in total. The van der Waals surface area contributed by atoms with Crippen LogP contribution in [-0.2, 0) is 6.54 Å². The molecule has 0 unspecified atom stereocenters. The molecule has 0 spiro atoms. The number of halogens is 2. The predicted octanol–water partition coefficient (Wildman–Crippen LogP) is 4.34. The minimum absolute atomic E-state index is 0.211. The van der Waals surface area contributed by atoms with Gasteiger partial charge in [-0.25, -0.2) is 9.37 Å². The summed E-state index contributed by atoms with van der Waals surface area (Å²) in [5.74, 6) is 0.711. The quantitative estimate of drug-likeness (QED) is 0.620. The van der Waals surface area contributed by atoms with Gasteiger partial charge in [-0.15, -0.1) is 0 Å². The summed E-state index contributed by atoms with van der Waals surface area (Å²) in [4.78, 5) is 4.42. The van der Waals surface area contributed by atoms with Gasteiger partial charge in [-0.2, -0.15) is 0 Å². The van der Waals surface area contributed by atoms with E-state index < -0.39 is 0 Å². The lowest BCUT2D eigenvalue weighted by Crippen LogP contribution is -2.01. The Morgan fingerprint density at radius 1 is 1.00 bits per heavy atom. The van der Waals surface area contributed by atoms with E-state index in [-0.39, 0.29) is 5.82 Å². The fourth-order valence-electron chi connectivity index (χ4n) is 2.08. The van der Waals surface area contributed by atoms with E-state index in [9.17, 15) is 4.39 Å². The molecule has 3 rings (SSSR count). The van der Waals surface area contributed by atoms with Crippen LogP contribution in [0.5, 0.6) is 0 Å². The third-order valence-electron chi connectivity index (χ3n) is 3.08. The fourth-order valence-corrected chi connectivity index (χ4v) is 2.44. The highest BCUT2D eigenvalue weighted by Crippen LogP contribution is 2.20. The molecule has 0 saturated heterocycles. The molecule has 1 aromatic heterocycles. The summed E-state index contributed by atoms with van der Waals surface area (Å²) in [5, 5.41) is 0. The minimum Gasteiger partial charge on any atom is -0.327 e. The van der Waals surface area contributed by atoms with Gasteiger partial charge >= 0.3 is 0 Å². The Hall–Kier alpha value is -1.69. The van der Waals surface area contributed by atoms with E-state index in [1.54, 1.807) is 18.3 Å². The van der Waals surface area contributed by atoms with Crippen molar-refractivity contribution in [2.24, 2.45) is 0 Å². The van der Waals surface area contributed by atoms with Crippen LogP contribution >= 0.6 is 22.6 Å². The van der Waals surface area contributed by atoms with Crippen LogP contribution in [0.3, 0.4) is 0 Å². The zero-order valence-electron chi connectivity index (χ0n) is 10.6. The molecular formula is C16H12FIN2. The molecule has 0 N–H and O–H groups in total. The molecule has 0 aliphatic rings. The van der Waals surface area contributed by atoms with Gasteiger partial charge in [0.25, 0.3) is 0 Å². The molecule has 0 fully saturated rings. The SMILES string of the molecule is Fc1ccc(Cn2ccnc2-c2ccc(I)cc2)cc1. The van der Waals surface area contributed by atoms with E-state index in [4.69, 9.17) is 0 Å². The van der Waals surface area contributed by atoms with E-state index in [0.29, 0.717) is 6.54 Å². The summed E-state index contributed by atoms with van der Waals surface area (Å²) in [6, 6.07) is 14.8. The van der Waals surface area contributed by atoms with Gasteiger partial charge in [-0.05, 0) is 52.4 Å². The Bertz CT molecular complexity index is 702. The number of imidazole rings is 1. The maximum Gasteiger partial charge on any atom is 0.140 e. The van der Waals surface area contributed by atoms with Crippen LogP contribution in [0.2, 0.25) is 0 Å². The molecule has 100 valence electrons. The summed E-state index contributed by atoms with van der Waals surface area (Å²) in [6.07, 6.45) is 3.73. The van der Waals surface area contributed by atoms with Gasteiger partial charge in [0.1, 0.15) is 11.6 Å². The van der Waals surface area contributed by atoms with Crippen molar-refractivity contribution in [3.8, 4) is 11.4 Å². The van der Waals surface area contributed by atoms with Crippen molar-refractivity contribution in [2.75, 3.05) is 0 Å². The highest BCUT2D eigenvalue weighted by Gasteiger charge is 2.06. The van der Waals surface area contributed by atoms with Crippen LogP contribution in [0.1, 0.15) is 5.56 Å². The highest BCUT2D eigenvalue weighted by atomic mass is 127. The van der Waals surface area contributed by atoms with Crippen molar-refractivity contribution in [3.63, 3.8) is 0 Å². The van der Waals surface area contributed by atoms with E-state index >= 15 is 0 Å². The van der Waals surface area contributed by atoms with Crippen molar-refractivity contribution >= 4 is 22.6 Å². The standard InChI is InChI=1S/C16H12FIN2/c17-14-5-1-12(2-6-14)11-20-10-9-19-16(20)13-3-7-15(18)8-4-13/h1-10H,11H2. The lowest BCUT2D eigenvalue weighted by Gasteiger charge is -2.08. The summed E-state index contributed by atoms with van der Waals surface area (Å²) < 4.78 is 16.2. The number of nitrogens with zero attached hydrogens (tertiary/aromatic N) is 2. The molecule has 3 aromatic rings. The zero-order chi connectivity index (χ0) is 13.9. The predicted molar refractivity (Wildman–Crippen MR) is 85.9 cm³/mol. The number of hydrogen-bond acceptors (Lipinski definition) is 1. The Labute approximate surface area is 130 Å². The Morgan fingerprint density at radius 2 is 1.70 bits per heavy atom. The van der Waals surface area contributed by atoms with Crippen LogP contribution < -0.4 is 0 Å². The minimum atomic E-state index is -0.211. The first-order chi connectivity index (χ1) is 9.72. The topological polar surface area (TPSA) is 17.8 Å². The van der Waals surface area contributed by atoms with E-state index in [2.05, 4.69) is 56.4 Å². The van der Waals surface area contributed by atoms with E-state index in [1.807, 2.05) is 6.20 Å². The Morgan fingerprint density at radius 3 is 2.40 bits per heavy atom. The number of aromatic nitrogens is 2. The average molecular weight is 378 g/mol. The van der Waals surface area contributed by atoms with Crippen LogP contribution in [0.15, 0.2) is 60.9 Å². The zero-order valence-corrected chi connectivity index (χ0v) is 12.8. The van der Waals surface area contributed by atoms with Gasteiger partial charge in [0, 0.05) is 28.1 Å². The first kappa shape index (κ1) is 13.3. The van der Waals surface area contributed by atoms with Gasteiger partial charge in [-0.1, -0.05) is 24.3 Å². The van der Waals surface area contributed by atoms with E-state index in [1.165, 1.54) is 15.7 Å². The maximum absolute atomic E-state index is 12.9. The van der Waals surface area contributed by atoms with Crippen LogP contribution in [0.4, 0.5) is 4.39 Å². The van der Waals surface area contributed by atoms with Gasteiger partial charge in [0.2, 0.25) is 0 Å². The molecule has 0 radical (unpaired) electrons. The van der Waals surface area contributed by atoms with Crippen LogP contribution in [0.25, 0.3) is 11.4 Å². The molecule has 20 heavy (non-hydrogen) atoms. The van der Waals surface area contributed by atoms with Crippen molar-refractivity contribution in [2.45, 2.75) is 6.54 Å². The molecular weight excluding hydrogens is 366 g/mol. The summed E-state index contributed by atoms with van der Waals surface area (Å²) in [5.41, 5.74) is 2.13. The first-order valence-electron chi connectivity index (χ1n) is 6.24. The van der Waals surface area contributed by atoms with Crippen LogP contribution in [0, 0.1) is 9.39 Å². The third-order valence-corrected chi connectivity index (χ3v) is 3.80. The average Bonchev–Trinajstić information content (AvgIpc) is 2.90. The van der Waals surface area contributed by atoms with Gasteiger partial charge in [0.15, 0.2) is 0 Å². The second kappa shape index (κ2) is 5.75. The second-order valence-corrected chi connectivity index (χ2v) is 5.76. The lowest BCUT2D eigenvalue weighted by molar-refractivity contribution is 0.626. The summed E-state index contributed by atoms with van der Waals surface area (Å²) >= 11 is 2.28. The third kappa shape index (κ3) is 2.90. The Balaban J connectivity index is 1.90. The second-order valence-electron chi connectivity index (χ2n) is 4.51. The lowest BCUT2D eigenvalue weighted by atomic mass is 10.2. The summed E-state index contributed by atoms with van der Waals surface area (Å²) in [7, 11) is 0. The molecule has 2 aromatic carbocycles. The largest absolute Gasteiger partial charge is 0.327 e. The number of benzene rings is 2. The van der Waals surface area contributed by atoms with Crippen molar-refractivity contribution in [1.82, 2.24) is 9.55 Å². The van der Waals surface area contributed by atoms with Crippen LogP contribution in [-0.4, -0.2) is 9.55 Å². The monoisotopic (exact) mass is 378 g/mol. The van der Waals surface area contributed by atoms with Crippen molar-refractivity contribution in [3.05, 3.63) is 75.9 Å².